The van der Waals surface area contributed by atoms with Gasteiger partial charge in [-0.2, -0.15) is 0 Å². The van der Waals surface area contributed by atoms with Crippen molar-refractivity contribution in [1.82, 2.24) is 25.1 Å². The zero-order chi connectivity index (χ0) is 26.4. The van der Waals surface area contributed by atoms with Gasteiger partial charge in [0.1, 0.15) is 11.0 Å². The Bertz CT molecular complexity index is 1060. The minimum absolute atomic E-state index is 0.0312. The van der Waals surface area contributed by atoms with Gasteiger partial charge >= 0.3 is 6.03 Å². The summed E-state index contributed by atoms with van der Waals surface area (Å²) in [5.41, 5.74) is 1.37. The van der Waals surface area contributed by atoms with Gasteiger partial charge in [-0.15, -0.1) is 0 Å². The van der Waals surface area contributed by atoms with Gasteiger partial charge in [0.25, 0.3) is 0 Å². The average molecular weight is 545 g/mol. The zero-order valence-electron chi connectivity index (χ0n) is 21.9. The monoisotopic (exact) mass is 544 g/mol. The Morgan fingerprint density at radius 1 is 1.11 bits per heavy atom. The van der Waals surface area contributed by atoms with E-state index in [2.05, 4.69) is 44.5 Å². The average Bonchev–Trinajstić information content (AvgIpc) is 2.87. The fourth-order valence-corrected chi connectivity index (χ4v) is 5.94. The van der Waals surface area contributed by atoms with E-state index in [9.17, 15) is 9.59 Å². The van der Waals surface area contributed by atoms with Gasteiger partial charge in [-0.05, 0) is 51.5 Å². The molecule has 1 aromatic heterocycles. The number of carbonyl (C=O) groups is 2. The molecule has 0 bridgehead atoms. The van der Waals surface area contributed by atoms with Crippen LogP contribution in [0.4, 0.5) is 10.6 Å². The minimum Gasteiger partial charge on any atom is -0.353 e. The van der Waals surface area contributed by atoms with Gasteiger partial charge in [0, 0.05) is 50.9 Å². The van der Waals surface area contributed by atoms with Gasteiger partial charge in [-0.3, -0.25) is 4.79 Å². The Hall–Kier alpha value is -2.52. The molecule has 1 unspecified atom stereocenters. The lowest BCUT2D eigenvalue weighted by atomic mass is 9.90. The third kappa shape index (κ3) is 7.74. The zero-order valence-corrected chi connectivity index (χ0v) is 23.5. The van der Waals surface area contributed by atoms with Gasteiger partial charge < -0.3 is 20.0 Å². The molecular formula is C27H37ClN6O2S. The molecule has 37 heavy (non-hydrogen) atoms. The maximum absolute atomic E-state index is 12.9. The number of hydrogen-bond acceptors (Lipinski definition) is 6. The molecule has 8 nitrogen and oxygen atoms in total. The smallest absolute Gasteiger partial charge is 0.317 e. The number of carbonyl (C=O) groups excluding carboxylic acids is 2. The lowest BCUT2D eigenvalue weighted by Gasteiger charge is -2.40. The highest BCUT2D eigenvalue weighted by Gasteiger charge is 2.29. The number of piperidine rings is 1. The normalized spacial score (nSPS) is 18.8. The van der Waals surface area contributed by atoms with E-state index < -0.39 is 0 Å². The molecule has 4 rings (SSSR count). The summed E-state index contributed by atoms with van der Waals surface area (Å²) < 4.78 is 0. The van der Waals surface area contributed by atoms with E-state index in [1.165, 1.54) is 17.3 Å². The van der Waals surface area contributed by atoms with Crippen molar-refractivity contribution >= 4 is 41.1 Å². The highest BCUT2D eigenvalue weighted by Crippen LogP contribution is 2.26. The number of urea groups is 1. The van der Waals surface area contributed by atoms with Crippen LogP contribution in [0.15, 0.2) is 41.6 Å². The molecule has 1 aromatic carbocycles. The number of piperazine rings is 1. The van der Waals surface area contributed by atoms with Crippen molar-refractivity contribution < 1.29 is 9.59 Å². The van der Waals surface area contributed by atoms with Gasteiger partial charge in [0.2, 0.25) is 5.91 Å². The van der Waals surface area contributed by atoms with Crippen LogP contribution in [0.5, 0.6) is 0 Å². The van der Waals surface area contributed by atoms with E-state index in [0.29, 0.717) is 41.6 Å². The van der Waals surface area contributed by atoms with E-state index in [0.717, 1.165) is 38.2 Å². The summed E-state index contributed by atoms with van der Waals surface area (Å²) in [6.45, 7) is 9.45. The molecule has 3 amide bonds. The highest BCUT2D eigenvalue weighted by molar-refractivity contribution is 7.99. The van der Waals surface area contributed by atoms with Crippen molar-refractivity contribution in [2.75, 3.05) is 43.4 Å². The quantitative estimate of drug-likeness (QED) is 0.317. The molecular weight excluding hydrogens is 508 g/mol. The molecule has 2 aliphatic rings. The van der Waals surface area contributed by atoms with Crippen molar-refractivity contribution in [3.05, 3.63) is 47.1 Å². The number of amides is 3. The Morgan fingerprint density at radius 3 is 2.51 bits per heavy atom. The molecule has 0 spiro atoms. The lowest BCUT2D eigenvalue weighted by molar-refractivity contribution is -0.129. The number of halogens is 1. The maximum atomic E-state index is 12.9. The van der Waals surface area contributed by atoms with Crippen LogP contribution in [0.3, 0.4) is 0 Å². The van der Waals surface area contributed by atoms with Gasteiger partial charge in [0.05, 0.1) is 5.75 Å². The Labute approximate surface area is 229 Å². The minimum atomic E-state index is -0.0401. The van der Waals surface area contributed by atoms with Crippen LogP contribution < -0.4 is 10.2 Å². The topological polar surface area (TPSA) is 81.7 Å². The van der Waals surface area contributed by atoms with E-state index in [1.54, 1.807) is 6.07 Å². The summed E-state index contributed by atoms with van der Waals surface area (Å²) in [7, 11) is 0. The van der Waals surface area contributed by atoms with E-state index in [1.807, 2.05) is 36.6 Å². The molecule has 2 saturated heterocycles. The number of benzene rings is 1. The Kier molecular flexibility index (Phi) is 9.54. The second-order valence-electron chi connectivity index (χ2n) is 10.2. The van der Waals surface area contributed by atoms with Crippen LogP contribution in [-0.4, -0.2) is 82.3 Å². The number of rotatable bonds is 7. The van der Waals surface area contributed by atoms with Crippen molar-refractivity contribution in [2.45, 2.75) is 57.3 Å². The van der Waals surface area contributed by atoms with Gasteiger partial charge in [-0.1, -0.05) is 53.7 Å². The van der Waals surface area contributed by atoms with Crippen LogP contribution in [0.2, 0.25) is 5.15 Å². The molecule has 200 valence electrons. The van der Waals surface area contributed by atoms with E-state index >= 15 is 0 Å². The molecule has 3 heterocycles. The fourth-order valence-electron chi connectivity index (χ4n) is 4.96. The van der Waals surface area contributed by atoms with Crippen LogP contribution in [0.25, 0.3) is 0 Å². The maximum Gasteiger partial charge on any atom is 0.317 e. The van der Waals surface area contributed by atoms with Crippen molar-refractivity contribution in [1.29, 1.82) is 0 Å². The predicted molar refractivity (Wildman–Crippen MR) is 149 cm³/mol. The summed E-state index contributed by atoms with van der Waals surface area (Å²) in [6, 6.07) is 12.4. The Morgan fingerprint density at radius 2 is 1.84 bits per heavy atom. The molecule has 1 atom stereocenters. The first-order valence-corrected chi connectivity index (χ1v) is 14.5. The van der Waals surface area contributed by atoms with Crippen LogP contribution in [-0.2, 0) is 11.2 Å². The fraction of sp³-hybridized carbons (Fsp3) is 0.556. The molecule has 2 fully saturated rings. The van der Waals surface area contributed by atoms with Crippen LogP contribution >= 0.6 is 23.4 Å². The lowest BCUT2D eigenvalue weighted by Crippen LogP contribution is -2.57. The second kappa shape index (κ2) is 12.8. The number of thioether (sulfide) groups is 1. The molecule has 0 saturated carbocycles. The summed E-state index contributed by atoms with van der Waals surface area (Å²) in [4.78, 5) is 40.3. The van der Waals surface area contributed by atoms with E-state index in [-0.39, 0.29) is 24.0 Å². The summed E-state index contributed by atoms with van der Waals surface area (Å²) in [6.07, 6.45) is 3.14. The predicted octanol–water partition coefficient (Wildman–Crippen LogP) is 4.33. The summed E-state index contributed by atoms with van der Waals surface area (Å²) in [5, 5.41) is 3.82. The number of likely N-dealkylation sites (tertiary alicyclic amines) is 1. The second-order valence-corrected chi connectivity index (χ2v) is 11.6. The van der Waals surface area contributed by atoms with Crippen molar-refractivity contribution in [2.24, 2.45) is 5.92 Å². The largest absolute Gasteiger partial charge is 0.353 e. The number of hydrogen-bond donors (Lipinski definition) is 1. The van der Waals surface area contributed by atoms with Gasteiger partial charge in [-0.25, -0.2) is 14.8 Å². The number of aromatic nitrogens is 2. The molecule has 0 aliphatic carbocycles. The van der Waals surface area contributed by atoms with E-state index in [4.69, 9.17) is 11.6 Å². The van der Waals surface area contributed by atoms with Crippen LogP contribution in [0, 0.1) is 5.92 Å². The highest BCUT2D eigenvalue weighted by atomic mass is 35.5. The molecule has 2 aliphatic heterocycles. The summed E-state index contributed by atoms with van der Waals surface area (Å²) >= 11 is 7.66. The number of nitrogens with one attached hydrogen (secondary N) is 1. The molecule has 1 N–H and O–H groups in total. The van der Waals surface area contributed by atoms with Crippen LogP contribution in [0.1, 0.15) is 39.2 Å². The third-order valence-corrected chi connectivity index (χ3v) is 7.97. The van der Waals surface area contributed by atoms with Crippen molar-refractivity contribution in [3.63, 3.8) is 0 Å². The number of nitrogens with zero attached hydrogens (tertiary/aromatic N) is 5. The Balaban J connectivity index is 1.27. The number of anilines is 1. The van der Waals surface area contributed by atoms with Gasteiger partial charge in [0.15, 0.2) is 5.16 Å². The molecule has 2 aromatic rings. The third-order valence-electron chi connectivity index (χ3n) is 6.94. The van der Waals surface area contributed by atoms with Crippen molar-refractivity contribution in [3.8, 4) is 0 Å². The molecule has 10 heteroatoms. The molecule has 0 radical (unpaired) electrons. The standard InChI is InChI=1S/C27H37ClN6O2S/c1-19(2)29-27(36)34-14-13-33(17-20(34)3)24-16-23(28)30-26(31-24)37-18-25(35)32-11-9-22(10-12-32)15-21-7-5-4-6-8-21/h4-8,16,19-20,22H,9-15,17-18H2,1-3H3,(H,29,36). The SMILES string of the molecule is CC(C)NC(=O)N1CCN(c2cc(Cl)nc(SCC(=O)N3CCC(Cc4ccccc4)CC3)n2)CC1C. The first-order valence-electron chi connectivity index (χ1n) is 13.1. The first-order chi connectivity index (χ1) is 17.8. The first kappa shape index (κ1) is 27.5. The summed E-state index contributed by atoms with van der Waals surface area (Å²) in [5.74, 6) is 1.76.